The third kappa shape index (κ3) is 4.12. The van der Waals surface area contributed by atoms with E-state index in [2.05, 4.69) is 4.72 Å². The number of hydrogen-bond acceptors (Lipinski definition) is 4. The summed E-state index contributed by atoms with van der Waals surface area (Å²) in [5.41, 5.74) is 3.22. The highest BCUT2D eigenvalue weighted by Crippen LogP contribution is 2.28. The van der Waals surface area contributed by atoms with Crippen molar-refractivity contribution in [3.63, 3.8) is 0 Å². The van der Waals surface area contributed by atoms with Gasteiger partial charge in [-0.05, 0) is 60.9 Å². The summed E-state index contributed by atoms with van der Waals surface area (Å²) in [7, 11) is -7.33. The van der Waals surface area contributed by atoms with Crippen molar-refractivity contribution >= 4 is 25.7 Å². The maximum atomic E-state index is 13.0. The van der Waals surface area contributed by atoms with E-state index in [-0.39, 0.29) is 16.3 Å². The molecule has 1 aliphatic rings. The first-order valence-electron chi connectivity index (χ1n) is 9.52. The quantitative estimate of drug-likeness (QED) is 0.655. The van der Waals surface area contributed by atoms with Crippen LogP contribution >= 0.6 is 0 Å². The predicted octanol–water partition coefficient (Wildman–Crippen LogP) is 3.54. The zero-order valence-electron chi connectivity index (χ0n) is 16.4. The molecule has 156 valence electrons. The fraction of sp³-hybridized carbons (Fsp3) is 0.182. The molecule has 6 nitrogen and oxygen atoms in total. The molecular formula is C22H22N2O4S2. The molecule has 3 aromatic rings. The summed E-state index contributed by atoms with van der Waals surface area (Å²) < 4.78 is 55.2. The van der Waals surface area contributed by atoms with Crippen LogP contribution in [0.25, 0.3) is 0 Å². The topological polar surface area (TPSA) is 83.6 Å². The molecule has 30 heavy (non-hydrogen) atoms. The molecule has 3 aromatic carbocycles. The van der Waals surface area contributed by atoms with Gasteiger partial charge in [-0.3, -0.25) is 4.72 Å². The van der Waals surface area contributed by atoms with E-state index in [0.717, 1.165) is 16.7 Å². The van der Waals surface area contributed by atoms with Crippen LogP contribution in [0.4, 0.5) is 5.69 Å². The van der Waals surface area contributed by atoms with E-state index in [1.165, 1.54) is 16.4 Å². The van der Waals surface area contributed by atoms with E-state index in [0.29, 0.717) is 18.7 Å². The Balaban J connectivity index is 1.59. The van der Waals surface area contributed by atoms with Crippen molar-refractivity contribution in [3.8, 4) is 0 Å². The van der Waals surface area contributed by atoms with E-state index in [4.69, 9.17) is 0 Å². The van der Waals surface area contributed by atoms with Crippen LogP contribution in [0.3, 0.4) is 0 Å². The third-order valence-corrected chi connectivity index (χ3v) is 8.40. The maximum Gasteiger partial charge on any atom is 0.261 e. The molecule has 0 saturated carbocycles. The van der Waals surface area contributed by atoms with E-state index in [1.54, 1.807) is 54.6 Å². The molecule has 0 aliphatic carbocycles. The van der Waals surface area contributed by atoms with Gasteiger partial charge in [-0.25, -0.2) is 16.8 Å². The van der Waals surface area contributed by atoms with Crippen LogP contribution in [0, 0.1) is 6.92 Å². The smallest absolute Gasteiger partial charge is 0.261 e. The predicted molar refractivity (Wildman–Crippen MR) is 116 cm³/mol. The molecule has 0 radical (unpaired) electrons. The Kier molecular flexibility index (Phi) is 5.40. The fourth-order valence-electron chi connectivity index (χ4n) is 3.47. The molecule has 0 amide bonds. The van der Waals surface area contributed by atoms with Crippen molar-refractivity contribution < 1.29 is 16.8 Å². The number of hydrogen-bond donors (Lipinski definition) is 1. The summed E-state index contributed by atoms with van der Waals surface area (Å²) in [6, 6.07) is 20.2. The fourth-order valence-corrected chi connectivity index (χ4v) is 5.96. The second-order valence-electron chi connectivity index (χ2n) is 7.30. The molecule has 0 unspecified atom stereocenters. The van der Waals surface area contributed by atoms with Crippen LogP contribution in [-0.2, 0) is 33.0 Å². The lowest BCUT2D eigenvalue weighted by Gasteiger charge is -2.28. The maximum absolute atomic E-state index is 13.0. The van der Waals surface area contributed by atoms with Crippen LogP contribution in [-0.4, -0.2) is 27.7 Å². The van der Waals surface area contributed by atoms with Crippen molar-refractivity contribution in [2.45, 2.75) is 29.7 Å². The molecule has 1 heterocycles. The van der Waals surface area contributed by atoms with Crippen LogP contribution < -0.4 is 4.72 Å². The first-order chi connectivity index (χ1) is 14.3. The van der Waals surface area contributed by atoms with Gasteiger partial charge in [0.2, 0.25) is 10.0 Å². The monoisotopic (exact) mass is 442 g/mol. The second-order valence-corrected chi connectivity index (χ2v) is 10.9. The zero-order valence-corrected chi connectivity index (χ0v) is 18.1. The SMILES string of the molecule is Cc1ccc(S(=O)(=O)N2CCc3ccc(NS(=O)(=O)c4ccccc4)cc3C2)cc1. The van der Waals surface area contributed by atoms with E-state index in [1.807, 2.05) is 13.0 Å². The summed E-state index contributed by atoms with van der Waals surface area (Å²) >= 11 is 0. The first-order valence-corrected chi connectivity index (χ1v) is 12.4. The zero-order chi connectivity index (χ0) is 21.4. The summed E-state index contributed by atoms with van der Waals surface area (Å²) in [4.78, 5) is 0.434. The average Bonchev–Trinajstić information content (AvgIpc) is 2.74. The van der Waals surface area contributed by atoms with Gasteiger partial charge < -0.3 is 0 Å². The van der Waals surface area contributed by atoms with Gasteiger partial charge in [-0.2, -0.15) is 4.31 Å². The Morgan fingerprint density at radius 3 is 2.20 bits per heavy atom. The molecule has 0 bridgehead atoms. The largest absolute Gasteiger partial charge is 0.280 e. The van der Waals surface area contributed by atoms with Crippen LogP contribution in [0.2, 0.25) is 0 Å². The lowest BCUT2D eigenvalue weighted by Crippen LogP contribution is -2.36. The summed E-state index contributed by atoms with van der Waals surface area (Å²) in [5.74, 6) is 0. The molecule has 0 fully saturated rings. The lowest BCUT2D eigenvalue weighted by molar-refractivity contribution is 0.391. The highest BCUT2D eigenvalue weighted by atomic mass is 32.2. The molecular weight excluding hydrogens is 420 g/mol. The van der Waals surface area contributed by atoms with Crippen LogP contribution in [0.5, 0.6) is 0 Å². The van der Waals surface area contributed by atoms with E-state index >= 15 is 0 Å². The normalized spacial score (nSPS) is 14.8. The number of sulfonamides is 2. The molecule has 4 rings (SSSR count). The third-order valence-electron chi connectivity index (χ3n) is 5.15. The van der Waals surface area contributed by atoms with Gasteiger partial charge in [0.05, 0.1) is 9.79 Å². The Bertz CT molecular complexity index is 1270. The standard InChI is InChI=1S/C22H22N2O4S2/c1-17-7-11-22(12-8-17)30(27,28)24-14-13-18-9-10-20(15-19(18)16-24)23-29(25,26)21-5-3-2-4-6-21/h2-12,15,23H,13-14,16H2,1H3. The molecule has 8 heteroatoms. The van der Waals surface area contributed by atoms with Crippen LogP contribution in [0.15, 0.2) is 82.6 Å². The number of nitrogens with zero attached hydrogens (tertiary/aromatic N) is 1. The van der Waals surface area contributed by atoms with Crippen molar-refractivity contribution in [2.75, 3.05) is 11.3 Å². The highest BCUT2D eigenvalue weighted by molar-refractivity contribution is 7.92. The highest BCUT2D eigenvalue weighted by Gasteiger charge is 2.28. The van der Waals surface area contributed by atoms with Gasteiger partial charge in [0.25, 0.3) is 10.0 Å². The molecule has 0 atom stereocenters. The van der Waals surface area contributed by atoms with Crippen molar-refractivity contribution in [3.05, 3.63) is 89.5 Å². The minimum Gasteiger partial charge on any atom is -0.280 e. The summed E-state index contributed by atoms with van der Waals surface area (Å²) in [6.45, 7) is 2.50. The van der Waals surface area contributed by atoms with Gasteiger partial charge >= 0.3 is 0 Å². The lowest BCUT2D eigenvalue weighted by atomic mass is 10.0. The molecule has 1 N–H and O–H groups in total. The Hall–Kier alpha value is -2.68. The van der Waals surface area contributed by atoms with Crippen LogP contribution in [0.1, 0.15) is 16.7 Å². The number of benzene rings is 3. The summed E-state index contributed by atoms with van der Waals surface area (Å²) in [5, 5.41) is 0. The van der Waals surface area contributed by atoms with Crippen molar-refractivity contribution in [1.82, 2.24) is 4.31 Å². The van der Waals surface area contributed by atoms with E-state index < -0.39 is 20.0 Å². The molecule has 1 aliphatic heterocycles. The first kappa shape index (κ1) is 20.6. The molecule has 0 aromatic heterocycles. The number of anilines is 1. The van der Waals surface area contributed by atoms with E-state index in [9.17, 15) is 16.8 Å². The van der Waals surface area contributed by atoms with Gasteiger partial charge in [0.15, 0.2) is 0 Å². The Morgan fingerprint density at radius 2 is 1.50 bits per heavy atom. The Morgan fingerprint density at radius 1 is 0.800 bits per heavy atom. The number of fused-ring (bicyclic) bond motifs is 1. The van der Waals surface area contributed by atoms with Crippen molar-refractivity contribution in [2.24, 2.45) is 0 Å². The molecule has 0 spiro atoms. The number of aryl methyl sites for hydroxylation is 1. The van der Waals surface area contributed by atoms with Gasteiger partial charge in [0, 0.05) is 18.8 Å². The molecule has 0 saturated heterocycles. The summed E-state index contributed by atoms with van der Waals surface area (Å²) in [6.07, 6.45) is 0.576. The Labute approximate surface area is 177 Å². The van der Waals surface area contributed by atoms with Gasteiger partial charge in [-0.15, -0.1) is 0 Å². The van der Waals surface area contributed by atoms with Gasteiger partial charge in [-0.1, -0.05) is 42.0 Å². The van der Waals surface area contributed by atoms with Crippen molar-refractivity contribution in [1.29, 1.82) is 0 Å². The minimum atomic E-state index is -3.71. The second kappa shape index (κ2) is 7.86. The minimum absolute atomic E-state index is 0.172. The average molecular weight is 443 g/mol. The number of nitrogens with one attached hydrogen (secondary N) is 1. The number of rotatable bonds is 5. The van der Waals surface area contributed by atoms with Gasteiger partial charge in [0.1, 0.15) is 0 Å².